The first-order valence-corrected chi connectivity index (χ1v) is 5.79. The molecule has 2 nitrogen and oxygen atoms in total. The minimum absolute atomic E-state index is 0.0753. The fourth-order valence-corrected chi connectivity index (χ4v) is 4.46. The highest BCUT2D eigenvalue weighted by molar-refractivity contribution is 5.05. The number of rotatable bonds is 2. The summed E-state index contributed by atoms with van der Waals surface area (Å²) in [7, 11) is 0. The SMILES string of the molecule is FN(F)C1C2CC3CC1CC(C2)C3N(F)F. The van der Waals surface area contributed by atoms with Crippen molar-refractivity contribution in [1.82, 2.24) is 10.7 Å². The van der Waals surface area contributed by atoms with Crippen molar-refractivity contribution in [2.24, 2.45) is 23.7 Å². The monoisotopic (exact) mass is 238 g/mol. The first-order valence-electron chi connectivity index (χ1n) is 5.79. The van der Waals surface area contributed by atoms with Gasteiger partial charge in [-0.15, -0.1) is 17.9 Å². The molecule has 4 fully saturated rings. The van der Waals surface area contributed by atoms with Gasteiger partial charge in [0.05, 0.1) is 12.1 Å². The van der Waals surface area contributed by atoms with Crippen LogP contribution in [0.2, 0.25) is 0 Å². The summed E-state index contributed by atoms with van der Waals surface area (Å²) in [5.74, 6) is -0.301. The van der Waals surface area contributed by atoms with Crippen molar-refractivity contribution in [3.8, 4) is 0 Å². The minimum atomic E-state index is -0.680. The van der Waals surface area contributed by atoms with Crippen LogP contribution in [0.1, 0.15) is 25.7 Å². The van der Waals surface area contributed by atoms with Crippen LogP contribution in [0.15, 0.2) is 0 Å². The van der Waals surface area contributed by atoms with Crippen LogP contribution in [-0.2, 0) is 0 Å². The Labute approximate surface area is 90.9 Å². The normalized spacial score (nSPS) is 50.6. The zero-order valence-corrected chi connectivity index (χ0v) is 8.70. The van der Waals surface area contributed by atoms with Gasteiger partial charge < -0.3 is 0 Å². The van der Waals surface area contributed by atoms with E-state index in [9.17, 15) is 17.9 Å². The van der Waals surface area contributed by atoms with E-state index in [0.29, 0.717) is 25.7 Å². The molecule has 4 saturated carbocycles. The van der Waals surface area contributed by atoms with Gasteiger partial charge in [0.2, 0.25) is 0 Å². The number of hydrogen-bond donors (Lipinski definition) is 0. The Morgan fingerprint density at radius 1 is 0.562 bits per heavy atom. The van der Waals surface area contributed by atoms with Crippen LogP contribution >= 0.6 is 0 Å². The number of nitrogens with zero attached hydrogens (tertiary/aromatic N) is 2. The number of halogens is 4. The highest BCUT2D eigenvalue weighted by Crippen LogP contribution is 2.56. The molecular formula is C10H14F4N2. The molecule has 92 valence electrons. The van der Waals surface area contributed by atoms with Gasteiger partial charge in [0.25, 0.3) is 0 Å². The Morgan fingerprint density at radius 3 is 1.00 bits per heavy atom. The zero-order chi connectivity index (χ0) is 11.4. The van der Waals surface area contributed by atoms with E-state index in [4.69, 9.17) is 0 Å². The highest BCUT2D eigenvalue weighted by Gasteiger charge is 2.57. The largest absolute Gasteiger partial charge is 0.101 e. The summed E-state index contributed by atoms with van der Waals surface area (Å²) in [6.07, 6.45) is 2.15. The fraction of sp³-hybridized carbons (Fsp3) is 1.00. The van der Waals surface area contributed by atoms with Crippen molar-refractivity contribution >= 4 is 0 Å². The van der Waals surface area contributed by atoms with Gasteiger partial charge in [-0.2, -0.15) is 0 Å². The topological polar surface area (TPSA) is 6.48 Å². The maximum absolute atomic E-state index is 12.7. The third-order valence-electron chi connectivity index (χ3n) is 4.80. The van der Waals surface area contributed by atoms with E-state index in [2.05, 4.69) is 0 Å². The highest BCUT2D eigenvalue weighted by atomic mass is 19.4. The Hall–Kier alpha value is -0.360. The van der Waals surface area contributed by atoms with Crippen LogP contribution in [0.4, 0.5) is 17.9 Å². The molecule has 0 aromatic rings. The molecule has 0 aromatic heterocycles. The molecule has 4 rings (SSSR count). The maximum Gasteiger partial charge on any atom is 0.0787 e. The summed E-state index contributed by atoms with van der Waals surface area (Å²) in [5.41, 5.74) is 0. The van der Waals surface area contributed by atoms with Gasteiger partial charge in [0.1, 0.15) is 0 Å². The van der Waals surface area contributed by atoms with Gasteiger partial charge in [0.15, 0.2) is 0 Å². The maximum atomic E-state index is 12.7. The molecule has 4 aliphatic rings. The van der Waals surface area contributed by atoms with Gasteiger partial charge in [-0.3, -0.25) is 0 Å². The van der Waals surface area contributed by atoms with Gasteiger partial charge in [-0.25, -0.2) is 0 Å². The zero-order valence-electron chi connectivity index (χ0n) is 8.70. The molecule has 0 amide bonds. The summed E-state index contributed by atoms with van der Waals surface area (Å²) in [4.78, 5) is 0. The molecule has 0 heterocycles. The molecule has 0 unspecified atom stereocenters. The lowest BCUT2D eigenvalue weighted by molar-refractivity contribution is -0.283. The lowest BCUT2D eigenvalue weighted by Gasteiger charge is -2.56. The van der Waals surface area contributed by atoms with Crippen molar-refractivity contribution < 1.29 is 17.9 Å². The summed E-state index contributed by atoms with van der Waals surface area (Å²) in [6.45, 7) is 0. The van der Waals surface area contributed by atoms with E-state index < -0.39 is 22.8 Å². The molecule has 6 heteroatoms. The van der Waals surface area contributed by atoms with Gasteiger partial charge >= 0.3 is 0 Å². The van der Waals surface area contributed by atoms with Crippen molar-refractivity contribution in [3.63, 3.8) is 0 Å². The Morgan fingerprint density at radius 2 is 0.812 bits per heavy atom. The molecule has 0 spiro atoms. The Balaban J connectivity index is 1.82. The van der Waals surface area contributed by atoms with E-state index in [0.717, 1.165) is 0 Å². The van der Waals surface area contributed by atoms with E-state index in [1.807, 2.05) is 0 Å². The van der Waals surface area contributed by atoms with E-state index in [1.165, 1.54) is 0 Å². The molecule has 0 saturated heterocycles. The molecular weight excluding hydrogens is 224 g/mol. The third kappa shape index (κ3) is 1.39. The van der Waals surface area contributed by atoms with Crippen molar-refractivity contribution in [2.45, 2.75) is 37.8 Å². The Bertz CT molecular complexity index is 230. The lowest BCUT2D eigenvalue weighted by Crippen LogP contribution is -2.59. The summed E-state index contributed by atoms with van der Waals surface area (Å²) in [6, 6.07) is -1.36. The lowest BCUT2D eigenvalue weighted by atomic mass is 9.52. The second kappa shape index (κ2) is 3.57. The molecule has 0 atom stereocenters. The second-order valence-electron chi connectivity index (χ2n) is 5.48. The van der Waals surface area contributed by atoms with Crippen LogP contribution in [0, 0.1) is 23.7 Å². The van der Waals surface area contributed by atoms with Gasteiger partial charge in [0, 0.05) is 10.7 Å². The van der Waals surface area contributed by atoms with Gasteiger partial charge in [-0.1, -0.05) is 0 Å². The molecule has 4 aliphatic carbocycles. The molecule has 0 radical (unpaired) electrons. The second-order valence-corrected chi connectivity index (χ2v) is 5.48. The minimum Gasteiger partial charge on any atom is -0.101 e. The van der Waals surface area contributed by atoms with Crippen LogP contribution in [-0.4, -0.2) is 22.8 Å². The average molecular weight is 238 g/mol. The average Bonchev–Trinajstić information content (AvgIpc) is 2.14. The van der Waals surface area contributed by atoms with Crippen molar-refractivity contribution in [2.75, 3.05) is 0 Å². The standard InChI is InChI=1S/C10H14F4N2/c11-15(12)9-5-1-6-3-8(9)4-7(2-5)10(6)16(13)14/h5-10H,1-4H2. The third-order valence-corrected chi connectivity index (χ3v) is 4.80. The van der Waals surface area contributed by atoms with E-state index in [-0.39, 0.29) is 23.7 Å². The van der Waals surface area contributed by atoms with Gasteiger partial charge in [-0.05, 0) is 49.4 Å². The molecule has 4 bridgehead atoms. The summed E-state index contributed by atoms with van der Waals surface area (Å²) < 4.78 is 50.9. The van der Waals surface area contributed by atoms with E-state index >= 15 is 0 Å². The van der Waals surface area contributed by atoms with Crippen molar-refractivity contribution in [3.05, 3.63) is 0 Å². The Kier molecular flexibility index (Phi) is 2.40. The van der Waals surface area contributed by atoms with Crippen LogP contribution in [0.3, 0.4) is 0 Å². The summed E-state index contributed by atoms with van der Waals surface area (Å²) in [5, 5.41) is -1.35. The smallest absolute Gasteiger partial charge is 0.0787 e. The molecule has 0 aliphatic heterocycles. The number of hydrogen-bond acceptors (Lipinski definition) is 2. The molecule has 0 aromatic carbocycles. The summed E-state index contributed by atoms with van der Waals surface area (Å²) >= 11 is 0. The van der Waals surface area contributed by atoms with Crippen molar-refractivity contribution in [1.29, 1.82) is 0 Å². The van der Waals surface area contributed by atoms with Crippen LogP contribution in [0.5, 0.6) is 0 Å². The van der Waals surface area contributed by atoms with E-state index in [1.54, 1.807) is 0 Å². The molecule has 16 heavy (non-hydrogen) atoms. The quantitative estimate of drug-likeness (QED) is 0.539. The molecule has 0 N–H and O–H groups in total. The van der Waals surface area contributed by atoms with Crippen LogP contribution < -0.4 is 0 Å². The fourth-order valence-electron chi connectivity index (χ4n) is 4.46. The van der Waals surface area contributed by atoms with Crippen LogP contribution in [0.25, 0.3) is 0 Å². The first-order chi connectivity index (χ1) is 7.58. The predicted octanol–water partition coefficient (Wildman–Crippen LogP) is 2.93. The first kappa shape index (κ1) is 10.8. The predicted molar refractivity (Wildman–Crippen MR) is 48.1 cm³/mol.